The quantitative estimate of drug-likeness (QED) is 0.792. The molecule has 0 fully saturated rings. The van der Waals surface area contributed by atoms with E-state index in [-0.39, 0.29) is 5.97 Å². The van der Waals surface area contributed by atoms with Crippen LogP contribution in [0.5, 0.6) is 5.75 Å². The normalized spacial score (nSPS) is 9.81. The van der Waals surface area contributed by atoms with Gasteiger partial charge in [-0.25, -0.2) is 4.79 Å². The van der Waals surface area contributed by atoms with Gasteiger partial charge in [-0.15, -0.1) is 0 Å². The number of nitrogens with zero attached hydrogens (tertiary/aromatic N) is 1. The van der Waals surface area contributed by atoms with Gasteiger partial charge >= 0.3 is 5.97 Å². The number of rotatable bonds is 2. The molecule has 1 aromatic carbocycles. The van der Waals surface area contributed by atoms with Gasteiger partial charge in [0.05, 0.1) is 5.56 Å². The smallest absolute Gasteiger partial charge is 0.343 e. The van der Waals surface area contributed by atoms with E-state index >= 15 is 0 Å². The van der Waals surface area contributed by atoms with Crippen LogP contribution in [0.2, 0.25) is 0 Å². The predicted octanol–water partition coefficient (Wildman–Crippen LogP) is 3.06. The monoisotopic (exact) mass is 277 g/mol. The molecule has 1 heterocycles. The number of hydrogen-bond acceptors (Lipinski definition) is 3. The SMILES string of the molecule is O=C(Oc1ccncc1)c1ccc(Br)cc1. The molecule has 0 spiro atoms. The Kier molecular flexibility index (Phi) is 3.31. The van der Waals surface area contributed by atoms with Gasteiger partial charge in [0.15, 0.2) is 0 Å². The lowest BCUT2D eigenvalue weighted by molar-refractivity contribution is 0.0734. The largest absolute Gasteiger partial charge is 0.423 e. The maximum absolute atomic E-state index is 11.7. The highest BCUT2D eigenvalue weighted by atomic mass is 79.9. The molecule has 0 unspecified atom stereocenters. The minimum atomic E-state index is -0.376. The third-order valence-electron chi connectivity index (χ3n) is 1.94. The Morgan fingerprint density at radius 1 is 1.06 bits per heavy atom. The molecule has 4 heteroatoms. The summed E-state index contributed by atoms with van der Waals surface area (Å²) in [6.07, 6.45) is 3.15. The van der Waals surface area contributed by atoms with E-state index in [2.05, 4.69) is 20.9 Å². The fourth-order valence-corrected chi connectivity index (χ4v) is 1.42. The van der Waals surface area contributed by atoms with Crippen molar-refractivity contribution in [1.29, 1.82) is 0 Å². The lowest BCUT2D eigenvalue weighted by Gasteiger charge is -2.03. The van der Waals surface area contributed by atoms with Crippen LogP contribution in [0.4, 0.5) is 0 Å². The van der Waals surface area contributed by atoms with Gasteiger partial charge < -0.3 is 4.74 Å². The second kappa shape index (κ2) is 4.90. The molecule has 0 bridgehead atoms. The molecular weight excluding hydrogens is 270 g/mol. The lowest BCUT2D eigenvalue weighted by Crippen LogP contribution is -2.08. The Hall–Kier alpha value is -1.68. The van der Waals surface area contributed by atoms with E-state index in [9.17, 15) is 4.79 Å². The maximum Gasteiger partial charge on any atom is 0.343 e. The van der Waals surface area contributed by atoms with E-state index in [4.69, 9.17) is 4.74 Å². The Bertz CT molecular complexity index is 482. The van der Waals surface area contributed by atoms with Gasteiger partial charge in [0.2, 0.25) is 0 Å². The molecule has 0 aliphatic rings. The van der Waals surface area contributed by atoms with Crippen molar-refractivity contribution in [3.8, 4) is 5.75 Å². The summed E-state index contributed by atoms with van der Waals surface area (Å²) < 4.78 is 6.07. The van der Waals surface area contributed by atoms with Crippen LogP contribution in [0.1, 0.15) is 10.4 Å². The molecule has 0 saturated heterocycles. The second-order valence-electron chi connectivity index (χ2n) is 3.08. The van der Waals surface area contributed by atoms with E-state index < -0.39 is 0 Å². The summed E-state index contributed by atoms with van der Waals surface area (Å²) >= 11 is 3.30. The molecule has 0 aliphatic carbocycles. The van der Waals surface area contributed by atoms with Gasteiger partial charge in [0.1, 0.15) is 5.75 Å². The summed E-state index contributed by atoms with van der Waals surface area (Å²) in [6, 6.07) is 10.3. The molecule has 2 aromatic rings. The number of halogens is 1. The van der Waals surface area contributed by atoms with Crippen LogP contribution in [0.25, 0.3) is 0 Å². The van der Waals surface area contributed by atoms with Crippen molar-refractivity contribution in [2.45, 2.75) is 0 Å². The zero-order valence-electron chi connectivity index (χ0n) is 8.26. The molecule has 0 saturated carbocycles. The zero-order chi connectivity index (χ0) is 11.4. The van der Waals surface area contributed by atoms with E-state index in [0.29, 0.717) is 11.3 Å². The van der Waals surface area contributed by atoms with E-state index in [1.54, 1.807) is 48.8 Å². The molecule has 0 radical (unpaired) electrons. The summed E-state index contributed by atoms with van der Waals surface area (Å²) in [6.45, 7) is 0. The number of hydrogen-bond donors (Lipinski definition) is 0. The topological polar surface area (TPSA) is 39.2 Å². The predicted molar refractivity (Wildman–Crippen MR) is 63.3 cm³/mol. The molecule has 1 aromatic heterocycles. The van der Waals surface area contributed by atoms with Crippen molar-refractivity contribution >= 4 is 21.9 Å². The van der Waals surface area contributed by atoms with Gasteiger partial charge in [-0.3, -0.25) is 4.98 Å². The summed E-state index contributed by atoms with van der Waals surface area (Å²) in [7, 11) is 0. The molecule has 16 heavy (non-hydrogen) atoms. The summed E-state index contributed by atoms with van der Waals surface area (Å²) in [4.78, 5) is 15.5. The average Bonchev–Trinajstić information content (AvgIpc) is 2.31. The lowest BCUT2D eigenvalue weighted by atomic mass is 10.2. The van der Waals surface area contributed by atoms with Crippen LogP contribution in [-0.4, -0.2) is 11.0 Å². The maximum atomic E-state index is 11.7. The standard InChI is InChI=1S/C12H8BrNO2/c13-10-3-1-9(2-4-10)12(15)16-11-5-7-14-8-6-11/h1-8H. The highest BCUT2D eigenvalue weighted by molar-refractivity contribution is 9.10. The van der Waals surface area contributed by atoms with Gasteiger partial charge in [-0.2, -0.15) is 0 Å². The Morgan fingerprint density at radius 3 is 2.31 bits per heavy atom. The molecule has 0 aliphatic heterocycles. The van der Waals surface area contributed by atoms with Gasteiger partial charge in [0.25, 0.3) is 0 Å². The van der Waals surface area contributed by atoms with Crippen LogP contribution in [0.15, 0.2) is 53.3 Å². The Morgan fingerprint density at radius 2 is 1.69 bits per heavy atom. The second-order valence-corrected chi connectivity index (χ2v) is 4.00. The molecule has 0 amide bonds. The van der Waals surface area contributed by atoms with Crippen molar-refractivity contribution in [3.05, 3.63) is 58.8 Å². The Labute approximate surface area is 101 Å². The third kappa shape index (κ3) is 2.67. The van der Waals surface area contributed by atoms with E-state index in [0.717, 1.165) is 4.47 Å². The van der Waals surface area contributed by atoms with Crippen molar-refractivity contribution < 1.29 is 9.53 Å². The number of aromatic nitrogens is 1. The highest BCUT2D eigenvalue weighted by Gasteiger charge is 2.07. The number of carbonyl (C=O) groups is 1. The van der Waals surface area contributed by atoms with E-state index in [1.165, 1.54) is 0 Å². The first-order valence-electron chi connectivity index (χ1n) is 4.63. The van der Waals surface area contributed by atoms with Crippen LogP contribution >= 0.6 is 15.9 Å². The van der Waals surface area contributed by atoms with Crippen LogP contribution in [0.3, 0.4) is 0 Å². The van der Waals surface area contributed by atoms with Crippen molar-refractivity contribution in [1.82, 2.24) is 4.98 Å². The fraction of sp³-hybridized carbons (Fsp3) is 0. The van der Waals surface area contributed by atoms with Gasteiger partial charge in [-0.1, -0.05) is 15.9 Å². The molecule has 0 N–H and O–H groups in total. The van der Waals surface area contributed by atoms with Crippen LogP contribution in [0, 0.1) is 0 Å². The Balaban J connectivity index is 2.12. The van der Waals surface area contributed by atoms with Crippen LogP contribution in [-0.2, 0) is 0 Å². The first kappa shape index (κ1) is 10.8. The molecule has 80 valence electrons. The molecule has 2 rings (SSSR count). The van der Waals surface area contributed by atoms with E-state index in [1.807, 2.05) is 0 Å². The fourth-order valence-electron chi connectivity index (χ4n) is 1.16. The number of carbonyl (C=O) groups excluding carboxylic acids is 1. The first-order chi connectivity index (χ1) is 7.75. The third-order valence-corrected chi connectivity index (χ3v) is 2.47. The van der Waals surface area contributed by atoms with Crippen molar-refractivity contribution in [2.24, 2.45) is 0 Å². The minimum Gasteiger partial charge on any atom is -0.423 e. The van der Waals surface area contributed by atoms with Gasteiger partial charge in [-0.05, 0) is 36.4 Å². The summed E-state index contributed by atoms with van der Waals surface area (Å²) in [5, 5.41) is 0. The highest BCUT2D eigenvalue weighted by Crippen LogP contribution is 2.13. The number of esters is 1. The molecule has 0 atom stereocenters. The zero-order valence-corrected chi connectivity index (χ0v) is 9.85. The minimum absolute atomic E-state index is 0.376. The van der Waals surface area contributed by atoms with Crippen molar-refractivity contribution in [2.75, 3.05) is 0 Å². The van der Waals surface area contributed by atoms with Gasteiger partial charge in [0, 0.05) is 16.9 Å². The first-order valence-corrected chi connectivity index (χ1v) is 5.43. The number of benzene rings is 1. The summed E-state index contributed by atoms with van der Waals surface area (Å²) in [5.41, 5.74) is 0.514. The average molecular weight is 278 g/mol. The molecular formula is C12H8BrNO2. The number of pyridine rings is 1. The van der Waals surface area contributed by atoms with Crippen molar-refractivity contribution in [3.63, 3.8) is 0 Å². The summed E-state index contributed by atoms with van der Waals surface area (Å²) in [5.74, 6) is 0.113. The van der Waals surface area contributed by atoms with Crippen LogP contribution < -0.4 is 4.74 Å². The molecule has 3 nitrogen and oxygen atoms in total. The number of ether oxygens (including phenoxy) is 1.